The molecule has 1 unspecified atom stereocenters. The van der Waals surface area contributed by atoms with E-state index in [-0.39, 0.29) is 24.3 Å². The Balaban J connectivity index is 1.59. The number of amides is 2. The third kappa shape index (κ3) is 3.47. The fraction of sp³-hybridized carbons (Fsp3) is 0.529. The molecular formula is C17H22N2O4. The molecule has 0 aliphatic carbocycles. The maximum absolute atomic E-state index is 12.7. The van der Waals surface area contributed by atoms with Gasteiger partial charge < -0.3 is 19.3 Å². The topological polar surface area (TPSA) is 59.1 Å². The predicted octanol–water partition coefficient (Wildman–Crippen LogP) is 0.555. The van der Waals surface area contributed by atoms with E-state index < -0.39 is 0 Å². The van der Waals surface area contributed by atoms with Gasteiger partial charge in [-0.25, -0.2) is 0 Å². The van der Waals surface area contributed by atoms with Crippen LogP contribution in [0.5, 0.6) is 5.75 Å². The normalized spacial score (nSPS) is 20.9. The Kier molecular flexibility index (Phi) is 4.81. The molecule has 3 rings (SSSR count). The quantitative estimate of drug-likeness (QED) is 0.814. The van der Waals surface area contributed by atoms with Crippen LogP contribution in [0.25, 0.3) is 0 Å². The second kappa shape index (κ2) is 7.00. The Hall–Kier alpha value is -2.08. The van der Waals surface area contributed by atoms with Crippen molar-refractivity contribution in [3.8, 4) is 5.75 Å². The molecule has 1 fully saturated rings. The van der Waals surface area contributed by atoms with E-state index in [1.54, 1.807) is 16.9 Å². The second-order valence-electron chi connectivity index (χ2n) is 5.95. The Morgan fingerprint density at radius 1 is 1.35 bits per heavy atom. The van der Waals surface area contributed by atoms with Crippen molar-refractivity contribution in [2.45, 2.75) is 6.42 Å². The molecule has 2 aliphatic heterocycles. The first-order valence-corrected chi connectivity index (χ1v) is 7.95. The molecule has 23 heavy (non-hydrogen) atoms. The van der Waals surface area contributed by atoms with Crippen LogP contribution in [0.3, 0.4) is 0 Å². The van der Waals surface area contributed by atoms with Gasteiger partial charge in [0.25, 0.3) is 0 Å². The average molecular weight is 318 g/mol. The summed E-state index contributed by atoms with van der Waals surface area (Å²) >= 11 is 0. The summed E-state index contributed by atoms with van der Waals surface area (Å²) in [5.74, 6) is 0.651. The molecule has 0 radical (unpaired) electrons. The molecule has 1 saturated heterocycles. The lowest BCUT2D eigenvalue weighted by Crippen LogP contribution is -2.55. The summed E-state index contributed by atoms with van der Waals surface area (Å²) < 4.78 is 10.7. The number of carbonyl (C=O) groups excluding carboxylic acids is 2. The molecule has 1 atom stereocenters. The zero-order chi connectivity index (χ0) is 16.2. The number of ether oxygens (including phenoxy) is 2. The maximum Gasteiger partial charge on any atom is 0.242 e. The molecule has 0 saturated carbocycles. The molecule has 6 heteroatoms. The van der Waals surface area contributed by atoms with Gasteiger partial charge in [0.1, 0.15) is 12.4 Å². The zero-order valence-electron chi connectivity index (χ0n) is 13.4. The van der Waals surface area contributed by atoms with Gasteiger partial charge in [-0.05, 0) is 18.1 Å². The minimum atomic E-state index is -0.205. The Morgan fingerprint density at radius 3 is 2.96 bits per heavy atom. The van der Waals surface area contributed by atoms with Crippen molar-refractivity contribution in [3.05, 3.63) is 29.8 Å². The highest BCUT2D eigenvalue weighted by atomic mass is 16.5. The van der Waals surface area contributed by atoms with E-state index in [4.69, 9.17) is 9.47 Å². The van der Waals surface area contributed by atoms with Gasteiger partial charge in [0, 0.05) is 26.7 Å². The molecule has 124 valence electrons. The first-order valence-electron chi connectivity index (χ1n) is 7.95. The number of benzene rings is 1. The lowest BCUT2D eigenvalue weighted by Gasteiger charge is -2.36. The van der Waals surface area contributed by atoms with Crippen LogP contribution in [0, 0.1) is 5.92 Å². The third-order valence-corrected chi connectivity index (χ3v) is 4.42. The van der Waals surface area contributed by atoms with Crippen LogP contribution in [0.2, 0.25) is 0 Å². The van der Waals surface area contributed by atoms with Gasteiger partial charge in [0.15, 0.2) is 0 Å². The summed E-state index contributed by atoms with van der Waals surface area (Å²) in [4.78, 5) is 28.2. The van der Waals surface area contributed by atoms with E-state index in [0.717, 1.165) is 11.3 Å². The Morgan fingerprint density at radius 2 is 2.17 bits per heavy atom. The molecule has 6 nitrogen and oxygen atoms in total. The minimum Gasteiger partial charge on any atom is -0.492 e. The molecule has 2 amide bonds. The maximum atomic E-state index is 12.7. The van der Waals surface area contributed by atoms with Crippen LogP contribution in [0.1, 0.15) is 5.56 Å². The summed E-state index contributed by atoms with van der Waals surface area (Å²) in [7, 11) is 1.62. The lowest BCUT2D eigenvalue weighted by molar-refractivity contribution is -0.148. The van der Waals surface area contributed by atoms with Crippen molar-refractivity contribution in [2.75, 3.05) is 46.5 Å². The number of hydrogen-bond acceptors (Lipinski definition) is 4. The Labute approximate surface area is 136 Å². The highest BCUT2D eigenvalue weighted by Gasteiger charge is 2.33. The van der Waals surface area contributed by atoms with Gasteiger partial charge in [-0.1, -0.05) is 18.2 Å². The van der Waals surface area contributed by atoms with Crippen LogP contribution < -0.4 is 4.74 Å². The average Bonchev–Trinajstić information content (AvgIpc) is 2.59. The highest BCUT2D eigenvalue weighted by molar-refractivity contribution is 5.87. The van der Waals surface area contributed by atoms with Gasteiger partial charge in [0.2, 0.25) is 11.8 Å². The standard InChI is InChI=1S/C17H22N2O4/c1-22-9-8-18-6-7-19(11-16(18)20)17(21)14-10-13-4-2-3-5-15(13)23-12-14/h2-5,14H,6-12H2,1H3. The number of hydrogen-bond donors (Lipinski definition) is 0. The highest BCUT2D eigenvalue weighted by Crippen LogP contribution is 2.27. The van der Waals surface area contributed by atoms with Crippen LogP contribution in [0.4, 0.5) is 0 Å². The van der Waals surface area contributed by atoms with E-state index in [1.165, 1.54) is 0 Å². The number of piperazine rings is 1. The van der Waals surface area contributed by atoms with Gasteiger partial charge >= 0.3 is 0 Å². The number of rotatable bonds is 4. The molecule has 0 bridgehead atoms. The summed E-state index contributed by atoms with van der Waals surface area (Å²) in [6.45, 7) is 2.78. The Bertz CT molecular complexity index is 590. The number of carbonyl (C=O) groups is 2. The van der Waals surface area contributed by atoms with Crippen molar-refractivity contribution in [3.63, 3.8) is 0 Å². The second-order valence-corrected chi connectivity index (χ2v) is 5.95. The summed E-state index contributed by atoms with van der Waals surface area (Å²) in [6.07, 6.45) is 0.674. The van der Waals surface area contributed by atoms with Crippen LogP contribution in [-0.2, 0) is 20.7 Å². The minimum absolute atomic E-state index is 0.0132. The first kappa shape index (κ1) is 15.8. The fourth-order valence-corrected chi connectivity index (χ4v) is 3.08. The van der Waals surface area contributed by atoms with Crippen LogP contribution in [0.15, 0.2) is 24.3 Å². The van der Waals surface area contributed by atoms with Gasteiger partial charge in [-0.2, -0.15) is 0 Å². The zero-order valence-corrected chi connectivity index (χ0v) is 13.4. The van der Waals surface area contributed by atoms with Crippen molar-refractivity contribution >= 4 is 11.8 Å². The molecule has 0 N–H and O–H groups in total. The number of methoxy groups -OCH3 is 1. The van der Waals surface area contributed by atoms with E-state index >= 15 is 0 Å². The molecule has 2 heterocycles. The van der Waals surface area contributed by atoms with Crippen molar-refractivity contribution in [1.82, 2.24) is 9.80 Å². The van der Waals surface area contributed by atoms with Crippen molar-refractivity contribution in [1.29, 1.82) is 0 Å². The predicted molar refractivity (Wildman–Crippen MR) is 84.2 cm³/mol. The molecule has 2 aliphatic rings. The van der Waals surface area contributed by atoms with E-state index in [1.807, 2.05) is 24.3 Å². The fourth-order valence-electron chi connectivity index (χ4n) is 3.08. The SMILES string of the molecule is COCCN1CCN(C(=O)C2COc3ccccc3C2)CC1=O. The van der Waals surface area contributed by atoms with Gasteiger partial charge in [-0.15, -0.1) is 0 Å². The molecule has 0 aromatic heterocycles. The summed E-state index contributed by atoms with van der Waals surface area (Å²) in [5, 5.41) is 0. The number of nitrogens with zero attached hydrogens (tertiary/aromatic N) is 2. The van der Waals surface area contributed by atoms with Crippen molar-refractivity contribution < 1.29 is 19.1 Å². The largest absolute Gasteiger partial charge is 0.492 e. The third-order valence-electron chi connectivity index (χ3n) is 4.42. The molecule has 1 aromatic carbocycles. The first-order chi connectivity index (χ1) is 11.2. The van der Waals surface area contributed by atoms with Crippen LogP contribution >= 0.6 is 0 Å². The molecule has 1 aromatic rings. The monoisotopic (exact) mass is 318 g/mol. The smallest absolute Gasteiger partial charge is 0.242 e. The molecular weight excluding hydrogens is 296 g/mol. The van der Waals surface area contributed by atoms with Crippen LogP contribution in [-0.4, -0.2) is 68.1 Å². The van der Waals surface area contributed by atoms with Gasteiger partial charge in [-0.3, -0.25) is 9.59 Å². The van der Waals surface area contributed by atoms with E-state index in [0.29, 0.717) is 39.3 Å². The van der Waals surface area contributed by atoms with Gasteiger partial charge in [0.05, 0.1) is 19.1 Å². The van der Waals surface area contributed by atoms with Crippen molar-refractivity contribution in [2.24, 2.45) is 5.92 Å². The molecule has 0 spiro atoms. The summed E-state index contributed by atoms with van der Waals surface area (Å²) in [6, 6.07) is 7.79. The van der Waals surface area contributed by atoms with E-state index in [2.05, 4.69) is 0 Å². The van der Waals surface area contributed by atoms with E-state index in [9.17, 15) is 9.59 Å². The number of para-hydroxylation sites is 1. The lowest BCUT2D eigenvalue weighted by atomic mass is 9.95. The number of fused-ring (bicyclic) bond motifs is 1. The summed E-state index contributed by atoms with van der Waals surface area (Å²) in [5.41, 5.74) is 1.06.